The molecule has 0 N–H and O–H groups in total. The standard InChI is InChI=1S/C24H29F3O2/c1-3-5-13-28-22-12-9-18(15-29-22)17-8-10-19(21(25)14-17)20-11-7-16(6-4-2)23(26)24(20)27/h7-8,10-11,14,18,22H,3-6,9,12-13,15H2,1-2H3. The summed E-state index contributed by atoms with van der Waals surface area (Å²) in [6, 6.07) is 7.73. The van der Waals surface area contributed by atoms with E-state index < -0.39 is 17.5 Å². The number of aryl methyl sites for hydroxylation is 1. The molecule has 0 aliphatic carbocycles. The minimum absolute atomic E-state index is 0.0457. The highest BCUT2D eigenvalue weighted by atomic mass is 19.2. The van der Waals surface area contributed by atoms with Gasteiger partial charge in [0.2, 0.25) is 0 Å². The van der Waals surface area contributed by atoms with Crippen molar-refractivity contribution >= 4 is 0 Å². The van der Waals surface area contributed by atoms with Crippen LogP contribution in [0, 0.1) is 17.5 Å². The van der Waals surface area contributed by atoms with Crippen LogP contribution >= 0.6 is 0 Å². The molecule has 2 atom stereocenters. The lowest BCUT2D eigenvalue weighted by Gasteiger charge is -2.29. The predicted octanol–water partition coefficient (Wildman–Crippen LogP) is 6.76. The second kappa shape index (κ2) is 10.3. The van der Waals surface area contributed by atoms with Gasteiger partial charge in [-0.25, -0.2) is 13.2 Å². The molecule has 0 aromatic heterocycles. The highest BCUT2D eigenvalue weighted by Gasteiger charge is 2.24. The van der Waals surface area contributed by atoms with Gasteiger partial charge >= 0.3 is 0 Å². The molecule has 5 heteroatoms. The summed E-state index contributed by atoms with van der Waals surface area (Å²) >= 11 is 0. The first-order chi connectivity index (χ1) is 14.0. The van der Waals surface area contributed by atoms with Crippen molar-refractivity contribution in [2.75, 3.05) is 13.2 Å². The molecule has 3 rings (SSSR count). The lowest BCUT2D eigenvalue weighted by Crippen LogP contribution is -2.27. The van der Waals surface area contributed by atoms with Gasteiger partial charge in [0.05, 0.1) is 6.61 Å². The van der Waals surface area contributed by atoms with E-state index in [1.807, 2.05) is 6.92 Å². The second-order valence-corrected chi connectivity index (χ2v) is 7.65. The maximum Gasteiger partial charge on any atom is 0.167 e. The van der Waals surface area contributed by atoms with Crippen molar-refractivity contribution in [3.63, 3.8) is 0 Å². The third kappa shape index (κ3) is 5.20. The molecule has 0 spiro atoms. The molecule has 1 aliphatic rings. The fraction of sp³-hybridized carbons (Fsp3) is 0.500. The number of hydrogen-bond donors (Lipinski definition) is 0. The first-order valence-electron chi connectivity index (χ1n) is 10.5. The van der Waals surface area contributed by atoms with Crippen LogP contribution in [0.3, 0.4) is 0 Å². The van der Waals surface area contributed by atoms with Crippen LogP contribution in [-0.2, 0) is 15.9 Å². The molecule has 2 aromatic rings. The highest BCUT2D eigenvalue weighted by molar-refractivity contribution is 5.66. The summed E-state index contributed by atoms with van der Waals surface area (Å²) < 4.78 is 55.0. The number of unbranched alkanes of at least 4 members (excludes halogenated alkanes) is 1. The van der Waals surface area contributed by atoms with Gasteiger partial charge in [-0.1, -0.05) is 51.0 Å². The predicted molar refractivity (Wildman–Crippen MR) is 108 cm³/mol. The molecular weight excluding hydrogens is 377 g/mol. The van der Waals surface area contributed by atoms with Gasteiger partial charge in [0, 0.05) is 23.7 Å². The van der Waals surface area contributed by atoms with Gasteiger partial charge in [0.25, 0.3) is 0 Å². The molecule has 0 saturated carbocycles. The summed E-state index contributed by atoms with van der Waals surface area (Å²) in [6.45, 7) is 5.16. The zero-order valence-electron chi connectivity index (χ0n) is 17.1. The van der Waals surface area contributed by atoms with E-state index in [2.05, 4.69) is 6.92 Å². The average Bonchev–Trinajstić information content (AvgIpc) is 2.73. The quantitative estimate of drug-likeness (QED) is 0.451. The topological polar surface area (TPSA) is 18.5 Å². The summed E-state index contributed by atoms with van der Waals surface area (Å²) in [5.74, 6) is -2.36. The van der Waals surface area contributed by atoms with Crippen molar-refractivity contribution in [1.29, 1.82) is 0 Å². The van der Waals surface area contributed by atoms with E-state index in [0.29, 0.717) is 31.6 Å². The summed E-state index contributed by atoms with van der Waals surface area (Å²) in [5, 5.41) is 0. The molecule has 2 nitrogen and oxygen atoms in total. The summed E-state index contributed by atoms with van der Waals surface area (Å²) in [7, 11) is 0. The molecule has 2 unspecified atom stereocenters. The maximum atomic E-state index is 14.8. The minimum Gasteiger partial charge on any atom is -0.353 e. The number of benzene rings is 2. The zero-order chi connectivity index (χ0) is 20.8. The van der Waals surface area contributed by atoms with Crippen LogP contribution in [0.2, 0.25) is 0 Å². The van der Waals surface area contributed by atoms with E-state index in [1.54, 1.807) is 6.07 Å². The molecule has 158 valence electrons. The molecule has 1 fully saturated rings. The van der Waals surface area contributed by atoms with Crippen LogP contribution in [0.25, 0.3) is 11.1 Å². The van der Waals surface area contributed by atoms with Gasteiger partial charge in [-0.05, 0) is 42.9 Å². The zero-order valence-corrected chi connectivity index (χ0v) is 17.1. The van der Waals surface area contributed by atoms with Gasteiger partial charge in [0.15, 0.2) is 17.9 Å². The van der Waals surface area contributed by atoms with Gasteiger partial charge in [0.1, 0.15) is 5.82 Å². The third-order valence-corrected chi connectivity index (χ3v) is 5.47. The lowest BCUT2D eigenvalue weighted by molar-refractivity contribution is -0.167. The van der Waals surface area contributed by atoms with Crippen molar-refractivity contribution in [2.45, 2.75) is 64.6 Å². The van der Waals surface area contributed by atoms with Crippen LogP contribution < -0.4 is 0 Å². The Hall–Kier alpha value is -1.85. The molecule has 0 bridgehead atoms. The lowest BCUT2D eigenvalue weighted by atomic mass is 9.91. The van der Waals surface area contributed by atoms with E-state index in [4.69, 9.17) is 9.47 Å². The molecule has 29 heavy (non-hydrogen) atoms. The molecule has 1 saturated heterocycles. The number of rotatable bonds is 8. The molecule has 2 aromatic carbocycles. The first kappa shape index (κ1) is 21.8. The average molecular weight is 406 g/mol. The normalized spacial score (nSPS) is 19.5. The molecule has 1 aliphatic heterocycles. The van der Waals surface area contributed by atoms with Gasteiger partial charge in [-0.3, -0.25) is 0 Å². The van der Waals surface area contributed by atoms with Gasteiger partial charge in [-0.2, -0.15) is 0 Å². The van der Waals surface area contributed by atoms with Crippen LogP contribution in [0.5, 0.6) is 0 Å². The summed E-state index contributed by atoms with van der Waals surface area (Å²) in [4.78, 5) is 0. The first-order valence-corrected chi connectivity index (χ1v) is 10.5. The van der Waals surface area contributed by atoms with E-state index in [-0.39, 0.29) is 23.3 Å². The van der Waals surface area contributed by atoms with E-state index >= 15 is 0 Å². The molecule has 0 radical (unpaired) electrons. The summed E-state index contributed by atoms with van der Waals surface area (Å²) in [5.41, 5.74) is 1.16. The summed E-state index contributed by atoms with van der Waals surface area (Å²) in [6.07, 6.45) is 4.66. The Morgan fingerprint density at radius 2 is 1.76 bits per heavy atom. The Morgan fingerprint density at radius 3 is 2.41 bits per heavy atom. The van der Waals surface area contributed by atoms with Crippen molar-refractivity contribution in [1.82, 2.24) is 0 Å². The van der Waals surface area contributed by atoms with Crippen molar-refractivity contribution in [3.05, 3.63) is 58.9 Å². The molecule has 1 heterocycles. The Bertz CT molecular complexity index is 814. The fourth-order valence-corrected chi connectivity index (χ4v) is 3.74. The minimum atomic E-state index is -0.990. The molecule has 0 amide bonds. The van der Waals surface area contributed by atoms with E-state index in [1.165, 1.54) is 24.3 Å². The van der Waals surface area contributed by atoms with Crippen LogP contribution in [0.4, 0.5) is 13.2 Å². The van der Waals surface area contributed by atoms with Crippen LogP contribution in [-0.4, -0.2) is 19.5 Å². The monoisotopic (exact) mass is 406 g/mol. The van der Waals surface area contributed by atoms with Crippen LogP contribution in [0.15, 0.2) is 30.3 Å². The Morgan fingerprint density at radius 1 is 0.966 bits per heavy atom. The number of halogens is 3. The second-order valence-electron chi connectivity index (χ2n) is 7.65. The van der Waals surface area contributed by atoms with Gasteiger partial charge < -0.3 is 9.47 Å². The number of hydrogen-bond acceptors (Lipinski definition) is 2. The SMILES string of the molecule is CCCCOC1CCC(c2ccc(-c3ccc(CCC)c(F)c3F)c(F)c2)CO1. The fourth-order valence-electron chi connectivity index (χ4n) is 3.74. The van der Waals surface area contributed by atoms with Gasteiger partial charge in [-0.15, -0.1) is 0 Å². The van der Waals surface area contributed by atoms with E-state index in [9.17, 15) is 13.2 Å². The van der Waals surface area contributed by atoms with E-state index in [0.717, 1.165) is 31.2 Å². The Labute approximate surface area is 171 Å². The number of ether oxygens (including phenoxy) is 2. The van der Waals surface area contributed by atoms with Crippen molar-refractivity contribution < 1.29 is 22.6 Å². The maximum absolute atomic E-state index is 14.8. The largest absolute Gasteiger partial charge is 0.353 e. The third-order valence-electron chi connectivity index (χ3n) is 5.47. The van der Waals surface area contributed by atoms with Crippen molar-refractivity contribution in [3.8, 4) is 11.1 Å². The molecular formula is C24H29F3O2. The van der Waals surface area contributed by atoms with Crippen molar-refractivity contribution in [2.24, 2.45) is 0 Å². The van der Waals surface area contributed by atoms with Crippen LogP contribution in [0.1, 0.15) is 63.0 Å². The highest BCUT2D eigenvalue weighted by Crippen LogP contribution is 2.33. The Kier molecular flexibility index (Phi) is 7.73. The Balaban J connectivity index is 1.71. The smallest absolute Gasteiger partial charge is 0.167 e.